The Kier molecular flexibility index (Phi) is 6.22. The molecule has 2 aromatic rings. The van der Waals surface area contributed by atoms with E-state index in [2.05, 4.69) is 34.4 Å². The quantitative estimate of drug-likeness (QED) is 0.751. The Balaban J connectivity index is 2.07. The molecule has 0 unspecified atom stereocenters. The minimum atomic E-state index is -0.312. The average molecular weight is 340 g/mol. The topological polar surface area (TPSA) is 84.0 Å². The van der Waals surface area contributed by atoms with E-state index in [4.69, 9.17) is 0 Å². The van der Waals surface area contributed by atoms with E-state index in [0.29, 0.717) is 34.5 Å². The molecular formula is C19H24N4O2. The summed E-state index contributed by atoms with van der Waals surface area (Å²) in [6, 6.07) is 8.41. The van der Waals surface area contributed by atoms with Gasteiger partial charge in [0, 0.05) is 23.9 Å². The number of hydrogen-bond acceptors (Lipinski definition) is 5. The molecule has 0 saturated carbocycles. The fourth-order valence-electron chi connectivity index (χ4n) is 2.25. The summed E-state index contributed by atoms with van der Waals surface area (Å²) in [6.45, 7) is 8.37. The average Bonchev–Trinajstić information content (AvgIpc) is 2.54. The van der Waals surface area contributed by atoms with Crippen molar-refractivity contribution in [3.63, 3.8) is 0 Å². The summed E-state index contributed by atoms with van der Waals surface area (Å²) in [4.78, 5) is 32.2. The van der Waals surface area contributed by atoms with Crippen LogP contribution < -0.4 is 10.6 Å². The molecule has 0 spiro atoms. The van der Waals surface area contributed by atoms with E-state index in [1.165, 1.54) is 6.92 Å². The molecule has 1 amide bonds. The van der Waals surface area contributed by atoms with Gasteiger partial charge in [0.2, 0.25) is 0 Å². The summed E-state index contributed by atoms with van der Waals surface area (Å²) in [6.07, 6.45) is 1.02. The van der Waals surface area contributed by atoms with Crippen molar-refractivity contribution in [2.24, 2.45) is 5.92 Å². The Labute approximate surface area is 148 Å². The number of amides is 1. The number of Topliss-reactive ketones (excluding diaryl/α,β-unsaturated/α-hetero) is 1. The number of anilines is 2. The predicted octanol–water partition coefficient (Wildman–Crippen LogP) is 3.70. The lowest BCUT2D eigenvalue weighted by Gasteiger charge is -2.10. The van der Waals surface area contributed by atoms with Crippen LogP contribution in [0.2, 0.25) is 0 Å². The van der Waals surface area contributed by atoms with Crippen molar-refractivity contribution in [3.8, 4) is 0 Å². The second-order valence-corrected chi connectivity index (χ2v) is 6.38. The van der Waals surface area contributed by atoms with Gasteiger partial charge < -0.3 is 10.6 Å². The van der Waals surface area contributed by atoms with Crippen molar-refractivity contribution in [1.29, 1.82) is 0 Å². The highest BCUT2D eigenvalue weighted by Crippen LogP contribution is 2.13. The van der Waals surface area contributed by atoms with Crippen LogP contribution in [0.3, 0.4) is 0 Å². The van der Waals surface area contributed by atoms with Gasteiger partial charge in [-0.2, -0.15) is 0 Å². The zero-order chi connectivity index (χ0) is 18.4. The molecule has 0 radical (unpaired) electrons. The molecule has 6 nitrogen and oxygen atoms in total. The molecule has 6 heteroatoms. The first-order chi connectivity index (χ1) is 11.8. The van der Waals surface area contributed by atoms with Crippen molar-refractivity contribution in [1.82, 2.24) is 9.97 Å². The third-order valence-corrected chi connectivity index (χ3v) is 3.65. The Bertz CT molecular complexity index is 755. The summed E-state index contributed by atoms with van der Waals surface area (Å²) in [5.41, 5.74) is 1.52. The van der Waals surface area contributed by atoms with Gasteiger partial charge in [0.25, 0.3) is 5.91 Å². The van der Waals surface area contributed by atoms with Crippen LogP contribution in [0, 0.1) is 12.8 Å². The van der Waals surface area contributed by atoms with Gasteiger partial charge in [-0.15, -0.1) is 0 Å². The maximum Gasteiger partial charge on any atom is 0.274 e. The number of carbonyl (C=O) groups excluding carboxylic acids is 2. The molecule has 132 valence electrons. The van der Waals surface area contributed by atoms with Gasteiger partial charge in [-0.25, -0.2) is 9.97 Å². The molecule has 0 aliphatic carbocycles. The van der Waals surface area contributed by atoms with Crippen molar-refractivity contribution in [2.75, 3.05) is 17.2 Å². The van der Waals surface area contributed by atoms with Gasteiger partial charge in [-0.1, -0.05) is 13.8 Å². The van der Waals surface area contributed by atoms with Crippen LogP contribution in [0.15, 0.2) is 30.3 Å². The molecule has 0 atom stereocenters. The number of benzene rings is 1. The van der Waals surface area contributed by atoms with Crippen molar-refractivity contribution < 1.29 is 9.59 Å². The first kappa shape index (κ1) is 18.6. The van der Waals surface area contributed by atoms with E-state index in [0.717, 1.165) is 13.0 Å². The largest absolute Gasteiger partial charge is 0.370 e. The van der Waals surface area contributed by atoms with Gasteiger partial charge in [-0.05, 0) is 50.5 Å². The standard InChI is InChI=1S/C19H24N4O2/c1-12(2)9-10-20-18-11-17(21-14(4)22-18)19(25)23-16-7-5-15(6-8-16)13(3)24/h5-8,11-12H,9-10H2,1-4H3,(H,23,25)(H,20,21,22). The molecule has 0 bridgehead atoms. The fraction of sp³-hybridized carbons (Fsp3) is 0.368. The lowest BCUT2D eigenvalue weighted by atomic mass is 10.1. The third kappa shape index (κ3) is 5.67. The van der Waals surface area contributed by atoms with Crippen molar-refractivity contribution >= 4 is 23.2 Å². The number of aromatic nitrogens is 2. The number of aryl methyl sites for hydroxylation is 1. The van der Waals surface area contributed by atoms with Gasteiger partial charge >= 0.3 is 0 Å². The number of nitrogens with zero attached hydrogens (tertiary/aromatic N) is 2. The summed E-state index contributed by atoms with van der Waals surface area (Å²) in [5, 5.41) is 6.01. The number of carbonyl (C=O) groups is 2. The van der Waals surface area contributed by atoms with Gasteiger partial charge in [0.15, 0.2) is 5.78 Å². The molecule has 1 aromatic carbocycles. The van der Waals surface area contributed by atoms with E-state index in [9.17, 15) is 9.59 Å². The minimum absolute atomic E-state index is 0.0126. The Morgan fingerprint density at radius 3 is 2.40 bits per heavy atom. The zero-order valence-electron chi connectivity index (χ0n) is 15.1. The van der Waals surface area contributed by atoms with Gasteiger partial charge in [-0.3, -0.25) is 9.59 Å². The lowest BCUT2D eigenvalue weighted by molar-refractivity contribution is 0.101. The predicted molar refractivity (Wildman–Crippen MR) is 99.1 cm³/mol. The van der Waals surface area contributed by atoms with Crippen LogP contribution >= 0.6 is 0 Å². The molecule has 1 aromatic heterocycles. The number of rotatable bonds is 7. The van der Waals surface area contributed by atoms with Crippen LogP contribution in [0.5, 0.6) is 0 Å². The van der Waals surface area contributed by atoms with Crippen LogP contribution in [0.25, 0.3) is 0 Å². The van der Waals surface area contributed by atoms with E-state index >= 15 is 0 Å². The molecule has 2 rings (SSSR count). The number of hydrogen-bond donors (Lipinski definition) is 2. The molecular weight excluding hydrogens is 316 g/mol. The molecule has 0 aliphatic heterocycles. The molecule has 0 saturated heterocycles. The second-order valence-electron chi connectivity index (χ2n) is 6.38. The SMILES string of the molecule is CC(=O)c1ccc(NC(=O)c2cc(NCCC(C)C)nc(C)n2)cc1. The van der Waals surface area contributed by atoms with Crippen molar-refractivity contribution in [2.45, 2.75) is 34.1 Å². The highest BCUT2D eigenvalue weighted by molar-refractivity contribution is 6.03. The first-order valence-corrected chi connectivity index (χ1v) is 8.37. The highest BCUT2D eigenvalue weighted by Gasteiger charge is 2.11. The Morgan fingerprint density at radius 1 is 1.12 bits per heavy atom. The molecule has 0 aliphatic rings. The monoisotopic (exact) mass is 340 g/mol. The van der Waals surface area contributed by atoms with Gasteiger partial charge in [0.05, 0.1) is 0 Å². The van der Waals surface area contributed by atoms with Crippen molar-refractivity contribution in [3.05, 3.63) is 47.4 Å². The third-order valence-electron chi connectivity index (χ3n) is 3.65. The summed E-state index contributed by atoms with van der Waals surface area (Å²) < 4.78 is 0. The normalized spacial score (nSPS) is 10.6. The minimum Gasteiger partial charge on any atom is -0.370 e. The van der Waals surface area contributed by atoms with E-state index in [1.807, 2.05) is 0 Å². The first-order valence-electron chi connectivity index (χ1n) is 8.37. The van der Waals surface area contributed by atoms with E-state index in [1.54, 1.807) is 37.3 Å². The van der Waals surface area contributed by atoms with Crippen LogP contribution in [0.1, 0.15) is 53.9 Å². The molecule has 25 heavy (non-hydrogen) atoms. The summed E-state index contributed by atoms with van der Waals surface area (Å²) in [7, 11) is 0. The summed E-state index contributed by atoms with van der Waals surface area (Å²) in [5.74, 6) is 1.45. The maximum atomic E-state index is 12.4. The maximum absolute atomic E-state index is 12.4. The highest BCUT2D eigenvalue weighted by atomic mass is 16.2. The smallest absolute Gasteiger partial charge is 0.274 e. The fourth-order valence-corrected chi connectivity index (χ4v) is 2.25. The molecule has 2 N–H and O–H groups in total. The van der Waals surface area contributed by atoms with Crippen LogP contribution in [0.4, 0.5) is 11.5 Å². The van der Waals surface area contributed by atoms with E-state index in [-0.39, 0.29) is 11.7 Å². The molecule has 0 fully saturated rings. The number of ketones is 1. The van der Waals surface area contributed by atoms with Crippen LogP contribution in [-0.2, 0) is 0 Å². The van der Waals surface area contributed by atoms with E-state index < -0.39 is 0 Å². The molecule has 1 heterocycles. The number of nitrogens with one attached hydrogen (secondary N) is 2. The lowest BCUT2D eigenvalue weighted by Crippen LogP contribution is -2.16. The van der Waals surface area contributed by atoms with Crippen LogP contribution in [-0.4, -0.2) is 28.2 Å². The Hall–Kier alpha value is -2.76. The zero-order valence-corrected chi connectivity index (χ0v) is 15.1. The van der Waals surface area contributed by atoms with Gasteiger partial charge in [0.1, 0.15) is 17.3 Å². The summed E-state index contributed by atoms with van der Waals surface area (Å²) >= 11 is 0. The Morgan fingerprint density at radius 2 is 1.80 bits per heavy atom. The second kappa shape index (κ2) is 8.37.